The molecule has 0 saturated carbocycles. The van der Waals surface area contributed by atoms with Crippen molar-refractivity contribution in [1.82, 2.24) is 5.32 Å². The van der Waals surface area contributed by atoms with Gasteiger partial charge in [0.25, 0.3) is 0 Å². The van der Waals surface area contributed by atoms with E-state index in [2.05, 4.69) is 5.32 Å². The molecule has 0 radical (unpaired) electrons. The van der Waals surface area contributed by atoms with Crippen molar-refractivity contribution in [1.29, 1.82) is 5.41 Å². The number of hydrogen-bond acceptors (Lipinski definition) is 6. The van der Waals surface area contributed by atoms with Crippen molar-refractivity contribution in [3.63, 3.8) is 0 Å². The lowest BCUT2D eigenvalue weighted by Crippen LogP contribution is -2.19. The second-order valence-electron chi connectivity index (χ2n) is 7.70. The van der Waals surface area contributed by atoms with Gasteiger partial charge < -0.3 is 24.9 Å². The summed E-state index contributed by atoms with van der Waals surface area (Å²) in [5.74, 6) is 0.448. The molecule has 1 aromatic heterocycles. The molecular formula is C24H29Cl2N3O4. The fourth-order valence-corrected chi connectivity index (χ4v) is 3.81. The Morgan fingerprint density at radius 1 is 1.21 bits per heavy atom. The first-order valence-electron chi connectivity index (χ1n) is 10.5. The fourth-order valence-electron chi connectivity index (χ4n) is 3.81. The summed E-state index contributed by atoms with van der Waals surface area (Å²) in [5, 5.41) is 11.7. The lowest BCUT2D eigenvalue weighted by atomic mass is 9.96. The zero-order valence-electron chi connectivity index (χ0n) is 18.3. The summed E-state index contributed by atoms with van der Waals surface area (Å²) in [4.78, 5) is 12.7. The Morgan fingerprint density at radius 2 is 1.97 bits per heavy atom. The normalized spacial score (nSPS) is 15.8. The number of ether oxygens (including phenoxy) is 2. The average molecular weight is 494 g/mol. The van der Waals surface area contributed by atoms with E-state index < -0.39 is 5.92 Å². The molecule has 1 aliphatic heterocycles. The first-order valence-corrected chi connectivity index (χ1v) is 10.5. The van der Waals surface area contributed by atoms with Crippen molar-refractivity contribution in [3.05, 3.63) is 65.4 Å². The number of rotatable bonds is 8. The summed E-state index contributed by atoms with van der Waals surface area (Å²) < 4.78 is 17.3. The van der Waals surface area contributed by atoms with Gasteiger partial charge in [-0.25, -0.2) is 0 Å². The minimum atomic E-state index is -0.570. The van der Waals surface area contributed by atoms with Crippen LogP contribution in [0.15, 0.2) is 52.9 Å². The Labute approximate surface area is 205 Å². The Balaban J connectivity index is 0.00000193. The third kappa shape index (κ3) is 6.41. The topological polar surface area (TPSA) is 111 Å². The second-order valence-corrected chi connectivity index (χ2v) is 7.70. The molecule has 1 saturated heterocycles. The zero-order chi connectivity index (χ0) is 21.8. The Kier molecular flexibility index (Phi) is 9.58. The van der Waals surface area contributed by atoms with Crippen LogP contribution in [-0.4, -0.2) is 37.6 Å². The molecule has 9 heteroatoms. The highest BCUT2D eigenvalue weighted by atomic mass is 35.5. The third-order valence-corrected chi connectivity index (χ3v) is 5.44. The van der Waals surface area contributed by atoms with Crippen molar-refractivity contribution in [2.75, 3.05) is 19.7 Å². The summed E-state index contributed by atoms with van der Waals surface area (Å²) in [6, 6.07) is 14.9. The number of halogens is 2. The molecule has 2 aromatic carbocycles. The number of furan rings is 1. The molecular weight excluding hydrogens is 465 g/mol. The van der Waals surface area contributed by atoms with E-state index in [4.69, 9.17) is 25.0 Å². The molecule has 33 heavy (non-hydrogen) atoms. The average Bonchev–Trinajstić information content (AvgIpc) is 3.42. The first-order chi connectivity index (χ1) is 15.0. The lowest BCUT2D eigenvalue weighted by Gasteiger charge is -2.15. The van der Waals surface area contributed by atoms with Gasteiger partial charge >= 0.3 is 5.97 Å². The number of carbonyl (C=O) groups is 1. The number of hydrogen-bond donors (Lipinski definition) is 3. The van der Waals surface area contributed by atoms with Crippen LogP contribution in [0.3, 0.4) is 0 Å². The number of fused-ring (bicyclic) bond motifs is 1. The van der Waals surface area contributed by atoms with E-state index in [0.717, 1.165) is 36.2 Å². The molecule has 7 nitrogen and oxygen atoms in total. The molecule has 4 rings (SSSR count). The largest absolute Gasteiger partial charge is 0.489 e. The van der Waals surface area contributed by atoms with Gasteiger partial charge in [0.1, 0.15) is 35.0 Å². The molecule has 0 aliphatic carbocycles. The van der Waals surface area contributed by atoms with E-state index in [-0.39, 0.29) is 42.7 Å². The van der Waals surface area contributed by atoms with Crippen molar-refractivity contribution in [3.8, 4) is 5.75 Å². The maximum Gasteiger partial charge on any atom is 0.316 e. The number of esters is 1. The number of carbonyl (C=O) groups excluding carboxylic acids is 1. The van der Waals surface area contributed by atoms with Crippen LogP contribution in [0.4, 0.5) is 0 Å². The maximum absolute atomic E-state index is 12.7. The van der Waals surface area contributed by atoms with E-state index in [0.29, 0.717) is 29.9 Å². The van der Waals surface area contributed by atoms with Crippen LogP contribution in [0.25, 0.3) is 11.0 Å². The predicted molar refractivity (Wildman–Crippen MR) is 133 cm³/mol. The molecule has 178 valence electrons. The van der Waals surface area contributed by atoms with Crippen LogP contribution in [0.5, 0.6) is 5.75 Å². The van der Waals surface area contributed by atoms with E-state index >= 15 is 0 Å². The number of benzene rings is 2. The monoisotopic (exact) mass is 493 g/mol. The van der Waals surface area contributed by atoms with Crippen LogP contribution in [0.1, 0.15) is 36.1 Å². The standard InChI is InChI=1S/C24H27N3O4.2ClH/c1-2-29-24(28)20(22-13-17-12-16(23(25)26)5-8-21(17)31-22)11-15-3-6-18(7-4-15)30-19-9-10-27-14-19;;/h3-8,12-13,19-20,27H,2,9-11,14H2,1H3,(H3,25,26);2*1H/t19-,20?;;/m0../s1. The fraction of sp³-hybridized carbons (Fsp3) is 0.333. The van der Waals surface area contributed by atoms with Gasteiger partial charge in [-0.3, -0.25) is 10.2 Å². The van der Waals surface area contributed by atoms with Gasteiger partial charge in [-0.15, -0.1) is 24.8 Å². The van der Waals surface area contributed by atoms with Gasteiger partial charge in [-0.05, 0) is 68.3 Å². The smallest absolute Gasteiger partial charge is 0.316 e. The van der Waals surface area contributed by atoms with Crippen LogP contribution in [0.2, 0.25) is 0 Å². The minimum absolute atomic E-state index is 0. The molecule has 0 bridgehead atoms. The van der Waals surface area contributed by atoms with E-state index in [9.17, 15) is 4.79 Å². The van der Waals surface area contributed by atoms with Gasteiger partial charge in [-0.2, -0.15) is 0 Å². The van der Waals surface area contributed by atoms with Crippen molar-refractivity contribution >= 4 is 47.6 Å². The summed E-state index contributed by atoms with van der Waals surface area (Å²) in [5.41, 5.74) is 7.83. The van der Waals surface area contributed by atoms with Crippen molar-refractivity contribution < 1.29 is 18.7 Å². The molecule has 0 amide bonds. The van der Waals surface area contributed by atoms with E-state index in [1.807, 2.05) is 30.3 Å². The Morgan fingerprint density at radius 3 is 2.61 bits per heavy atom. The summed E-state index contributed by atoms with van der Waals surface area (Å²) in [6.45, 7) is 3.93. The minimum Gasteiger partial charge on any atom is -0.489 e. The van der Waals surface area contributed by atoms with Gasteiger partial charge in [0.05, 0.1) is 6.61 Å². The van der Waals surface area contributed by atoms with Gasteiger partial charge in [0, 0.05) is 17.5 Å². The van der Waals surface area contributed by atoms with E-state index in [1.165, 1.54) is 0 Å². The van der Waals surface area contributed by atoms with Crippen LogP contribution in [-0.2, 0) is 16.0 Å². The number of amidine groups is 1. The van der Waals surface area contributed by atoms with Crippen LogP contribution >= 0.6 is 24.8 Å². The summed E-state index contributed by atoms with van der Waals surface area (Å²) >= 11 is 0. The molecule has 0 spiro atoms. The lowest BCUT2D eigenvalue weighted by molar-refractivity contribution is -0.145. The van der Waals surface area contributed by atoms with Crippen molar-refractivity contribution in [2.24, 2.45) is 5.73 Å². The number of nitrogen functional groups attached to an aromatic ring is 1. The number of nitrogens with one attached hydrogen (secondary N) is 2. The Hall–Kier alpha value is -2.74. The zero-order valence-corrected chi connectivity index (χ0v) is 20.0. The quantitative estimate of drug-likeness (QED) is 0.246. The molecule has 2 atom stereocenters. The summed E-state index contributed by atoms with van der Waals surface area (Å²) in [6.07, 6.45) is 1.65. The molecule has 3 aromatic rings. The Bertz CT molecular complexity index is 1080. The molecule has 1 fully saturated rings. The molecule has 1 aliphatic rings. The molecule has 4 N–H and O–H groups in total. The van der Waals surface area contributed by atoms with Gasteiger partial charge in [-0.1, -0.05) is 12.1 Å². The van der Waals surface area contributed by atoms with Gasteiger partial charge in [0.15, 0.2) is 0 Å². The highest BCUT2D eigenvalue weighted by Crippen LogP contribution is 2.30. The third-order valence-electron chi connectivity index (χ3n) is 5.44. The van der Waals surface area contributed by atoms with Crippen LogP contribution < -0.4 is 15.8 Å². The first kappa shape index (κ1) is 26.5. The second kappa shape index (κ2) is 11.9. The SMILES string of the molecule is CCOC(=O)C(Cc1ccc(O[C@H]2CCNC2)cc1)c1cc2cc(C(=N)N)ccc2o1.Cl.Cl. The highest BCUT2D eigenvalue weighted by Gasteiger charge is 2.26. The number of nitrogens with two attached hydrogens (primary N) is 1. The highest BCUT2D eigenvalue weighted by molar-refractivity contribution is 5.98. The molecule has 2 heterocycles. The predicted octanol–water partition coefficient (Wildman–Crippen LogP) is 4.19. The summed E-state index contributed by atoms with van der Waals surface area (Å²) in [7, 11) is 0. The maximum atomic E-state index is 12.7. The molecule has 1 unspecified atom stereocenters. The van der Waals surface area contributed by atoms with Crippen LogP contribution in [0, 0.1) is 5.41 Å². The van der Waals surface area contributed by atoms with E-state index in [1.54, 1.807) is 25.1 Å². The van der Waals surface area contributed by atoms with Gasteiger partial charge in [0.2, 0.25) is 0 Å². The van der Waals surface area contributed by atoms with Crippen molar-refractivity contribution in [2.45, 2.75) is 31.8 Å².